The average Bonchev–Trinajstić information content (AvgIpc) is 3.11. The normalized spacial score (nSPS) is 29.5. The van der Waals surface area contributed by atoms with Gasteiger partial charge in [0.15, 0.2) is 0 Å². The first-order valence-corrected chi connectivity index (χ1v) is 10.3. The molecule has 1 spiro atoms. The Hall–Kier alpha value is -2.44. The van der Waals surface area contributed by atoms with E-state index in [0.29, 0.717) is 0 Å². The standard InChI is InChI=1S/C19H15F5O6S/c1-7-18(2,26)19(7)6-10(25)9-4-3-8(5-11(9)29-19)31(27,28)30-17-15(23)13(21)12(20)14(22)16(17)24/h3-5,7,10,25-26H,6H2,1-2H3. The van der Waals surface area contributed by atoms with Gasteiger partial charge in [-0.15, -0.1) is 0 Å². The van der Waals surface area contributed by atoms with Crippen molar-refractivity contribution in [3.63, 3.8) is 0 Å². The van der Waals surface area contributed by atoms with Gasteiger partial charge in [0.1, 0.15) is 21.8 Å². The van der Waals surface area contributed by atoms with Crippen molar-refractivity contribution in [3.8, 4) is 11.5 Å². The zero-order valence-corrected chi connectivity index (χ0v) is 16.7. The highest BCUT2D eigenvalue weighted by atomic mass is 32.2. The first kappa shape index (κ1) is 21.8. The van der Waals surface area contributed by atoms with Gasteiger partial charge in [-0.3, -0.25) is 0 Å². The fourth-order valence-corrected chi connectivity index (χ4v) is 4.88. The minimum atomic E-state index is -5.07. The number of hydrogen-bond donors (Lipinski definition) is 2. The van der Waals surface area contributed by atoms with E-state index >= 15 is 0 Å². The molecule has 6 nitrogen and oxygen atoms in total. The lowest BCUT2D eigenvalue weighted by Crippen LogP contribution is -2.35. The summed E-state index contributed by atoms with van der Waals surface area (Å²) in [4.78, 5) is -0.729. The second-order valence-corrected chi connectivity index (χ2v) is 9.26. The van der Waals surface area contributed by atoms with Crippen molar-refractivity contribution >= 4 is 10.1 Å². The van der Waals surface area contributed by atoms with Crippen LogP contribution in [0.2, 0.25) is 0 Å². The van der Waals surface area contributed by atoms with E-state index in [1.165, 1.54) is 6.92 Å². The molecule has 2 aromatic rings. The zero-order valence-electron chi connectivity index (χ0n) is 15.9. The van der Waals surface area contributed by atoms with Crippen LogP contribution in [-0.2, 0) is 10.1 Å². The van der Waals surface area contributed by atoms with Crippen molar-refractivity contribution in [2.45, 2.75) is 42.5 Å². The van der Waals surface area contributed by atoms with Crippen LogP contribution in [0.15, 0.2) is 23.1 Å². The molecule has 0 amide bonds. The fourth-order valence-electron chi connectivity index (χ4n) is 3.93. The fraction of sp³-hybridized carbons (Fsp3) is 0.368. The third-order valence-corrected chi connectivity index (χ3v) is 7.32. The summed E-state index contributed by atoms with van der Waals surface area (Å²) in [5.74, 6) is -14.6. The van der Waals surface area contributed by atoms with Crippen LogP contribution in [0.1, 0.15) is 31.9 Å². The Morgan fingerprint density at radius 3 is 2.10 bits per heavy atom. The second-order valence-electron chi connectivity index (χ2n) is 7.72. The average molecular weight is 466 g/mol. The summed E-state index contributed by atoms with van der Waals surface area (Å²) in [6.07, 6.45) is -1.06. The predicted octanol–water partition coefficient (Wildman–Crippen LogP) is 3.11. The van der Waals surface area contributed by atoms with Gasteiger partial charge < -0.3 is 19.1 Å². The molecule has 4 rings (SSSR count). The van der Waals surface area contributed by atoms with E-state index in [-0.39, 0.29) is 17.7 Å². The van der Waals surface area contributed by atoms with Crippen LogP contribution in [0.4, 0.5) is 22.0 Å². The topological polar surface area (TPSA) is 93.1 Å². The number of aliphatic hydroxyl groups excluding tert-OH is 1. The number of halogens is 5. The van der Waals surface area contributed by atoms with Gasteiger partial charge in [-0.05, 0) is 13.0 Å². The van der Waals surface area contributed by atoms with E-state index in [0.717, 1.165) is 18.2 Å². The van der Waals surface area contributed by atoms with Crippen LogP contribution in [0, 0.1) is 35.0 Å². The quantitative estimate of drug-likeness (QED) is 0.313. The Labute approximate surface area is 173 Å². The van der Waals surface area contributed by atoms with Gasteiger partial charge in [0, 0.05) is 24.0 Å². The highest BCUT2D eigenvalue weighted by Crippen LogP contribution is 2.63. The van der Waals surface area contributed by atoms with Crippen LogP contribution in [0.5, 0.6) is 11.5 Å². The summed E-state index contributed by atoms with van der Waals surface area (Å²) in [7, 11) is -5.07. The molecular weight excluding hydrogens is 451 g/mol. The summed E-state index contributed by atoms with van der Waals surface area (Å²) < 4.78 is 102. The Morgan fingerprint density at radius 1 is 1.06 bits per heavy atom. The molecule has 1 aliphatic carbocycles. The highest BCUT2D eigenvalue weighted by molar-refractivity contribution is 7.87. The van der Waals surface area contributed by atoms with Crippen molar-refractivity contribution in [2.24, 2.45) is 5.92 Å². The maximum Gasteiger partial charge on any atom is 0.339 e. The molecule has 12 heteroatoms. The number of hydrogen-bond acceptors (Lipinski definition) is 6. The van der Waals surface area contributed by atoms with Gasteiger partial charge in [-0.25, -0.2) is 13.2 Å². The molecule has 0 radical (unpaired) electrons. The molecule has 4 unspecified atom stereocenters. The molecule has 168 valence electrons. The van der Waals surface area contributed by atoms with E-state index in [1.807, 2.05) is 0 Å². The number of fused-ring (bicyclic) bond motifs is 1. The number of benzene rings is 2. The van der Waals surface area contributed by atoms with Crippen LogP contribution in [-0.4, -0.2) is 29.8 Å². The molecular formula is C19H15F5O6S. The molecule has 4 atom stereocenters. The van der Waals surface area contributed by atoms with Crippen molar-refractivity contribution in [1.29, 1.82) is 0 Å². The van der Waals surface area contributed by atoms with E-state index in [1.54, 1.807) is 6.92 Å². The predicted molar refractivity (Wildman–Crippen MR) is 93.2 cm³/mol. The third-order valence-electron chi connectivity index (χ3n) is 6.10. The van der Waals surface area contributed by atoms with Crippen LogP contribution in [0.3, 0.4) is 0 Å². The SMILES string of the molecule is CC1C(C)(O)C12CC(O)c1ccc(S(=O)(=O)Oc3c(F)c(F)c(F)c(F)c3F)cc1O2. The number of aliphatic hydroxyl groups is 2. The molecule has 1 saturated carbocycles. The first-order chi connectivity index (χ1) is 14.2. The summed E-state index contributed by atoms with van der Waals surface area (Å²) in [6.45, 7) is 3.16. The molecule has 1 aliphatic heterocycles. The van der Waals surface area contributed by atoms with E-state index in [9.17, 15) is 40.6 Å². The summed E-state index contributed by atoms with van der Waals surface area (Å²) in [5.41, 5.74) is -2.29. The molecule has 2 N–H and O–H groups in total. The summed E-state index contributed by atoms with van der Waals surface area (Å²) in [5, 5.41) is 20.8. The molecule has 0 aromatic heterocycles. The summed E-state index contributed by atoms with van der Waals surface area (Å²) >= 11 is 0. The Kier molecular flexibility index (Phi) is 4.59. The van der Waals surface area contributed by atoms with Crippen LogP contribution in [0.25, 0.3) is 0 Å². The Balaban J connectivity index is 1.73. The molecule has 1 heterocycles. The largest absolute Gasteiger partial charge is 0.483 e. The zero-order chi connectivity index (χ0) is 23.1. The van der Waals surface area contributed by atoms with Crippen molar-refractivity contribution in [3.05, 3.63) is 52.8 Å². The van der Waals surface area contributed by atoms with E-state index in [4.69, 9.17) is 4.74 Å². The monoisotopic (exact) mass is 466 g/mol. The second kappa shape index (κ2) is 6.53. The molecule has 31 heavy (non-hydrogen) atoms. The lowest BCUT2D eigenvalue weighted by molar-refractivity contribution is -0.00837. The minimum absolute atomic E-state index is 0.0430. The van der Waals surface area contributed by atoms with Crippen molar-refractivity contribution < 1.29 is 49.5 Å². The van der Waals surface area contributed by atoms with Crippen LogP contribution >= 0.6 is 0 Å². The third kappa shape index (κ3) is 2.92. The maximum absolute atomic E-state index is 13.8. The molecule has 0 bridgehead atoms. The number of ether oxygens (including phenoxy) is 1. The van der Waals surface area contributed by atoms with Gasteiger partial charge in [0.2, 0.25) is 34.8 Å². The first-order valence-electron chi connectivity index (χ1n) is 8.94. The van der Waals surface area contributed by atoms with Crippen molar-refractivity contribution in [2.75, 3.05) is 0 Å². The molecule has 0 saturated heterocycles. The van der Waals surface area contributed by atoms with Gasteiger partial charge in [-0.2, -0.15) is 17.2 Å². The van der Waals surface area contributed by atoms with Gasteiger partial charge in [0.05, 0.1) is 6.10 Å². The van der Waals surface area contributed by atoms with Gasteiger partial charge >= 0.3 is 10.1 Å². The van der Waals surface area contributed by atoms with Gasteiger partial charge in [0.25, 0.3) is 0 Å². The van der Waals surface area contributed by atoms with Crippen LogP contribution < -0.4 is 8.92 Å². The molecule has 1 fully saturated rings. The summed E-state index contributed by atoms with van der Waals surface area (Å²) in [6, 6.07) is 2.95. The molecule has 2 aliphatic rings. The van der Waals surface area contributed by atoms with Crippen molar-refractivity contribution in [1.82, 2.24) is 0 Å². The smallest absolute Gasteiger partial charge is 0.339 e. The number of rotatable bonds is 3. The lowest BCUT2D eigenvalue weighted by Gasteiger charge is -2.32. The van der Waals surface area contributed by atoms with Gasteiger partial charge in [-0.1, -0.05) is 13.0 Å². The maximum atomic E-state index is 13.8. The lowest BCUT2D eigenvalue weighted by atomic mass is 9.95. The highest BCUT2D eigenvalue weighted by Gasteiger charge is 2.75. The molecule has 2 aromatic carbocycles. The minimum Gasteiger partial charge on any atom is -0.483 e. The Bertz CT molecular complexity index is 1190. The Morgan fingerprint density at radius 2 is 1.58 bits per heavy atom. The van der Waals surface area contributed by atoms with E-state index < -0.39 is 73.1 Å². The van der Waals surface area contributed by atoms with E-state index in [2.05, 4.69) is 4.18 Å².